The lowest BCUT2D eigenvalue weighted by molar-refractivity contribution is 0.740. The predicted octanol–water partition coefficient (Wildman–Crippen LogP) is 2.11. The van der Waals surface area contributed by atoms with E-state index in [1.807, 2.05) is 25.1 Å². The Morgan fingerprint density at radius 2 is 2.36 bits per heavy atom. The minimum absolute atomic E-state index is 0.135. The van der Waals surface area contributed by atoms with Gasteiger partial charge >= 0.3 is 0 Å². The van der Waals surface area contributed by atoms with Gasteiger partial charge in [-0.1, -0.05) is 23.7 Å². The largest absolute Gasteiger partial charge is 0.328 e. The van der Waals surface area contributed by atoms with E-state index in [1.54, 1.807) is 0 Å². The molecule has 1 aromatic heterocycles. The molecular weight excluding hydrogens is 198 g/mol. The Morgan fingerprint density at radius 3 is 3.07 bits per heavy atom. The van der Waals surface area contributed by atoms with E-state index in [4.69, 9.17) is 17.3 Å². The molecule has 3 nitrogen and oxygen atoms in total. The predicted molar refractivity (Wildman–Crippen MR) is 58.5 cm³/mol. The molecule has 1 unspecified atom stereocenters. The molecule has 4 heteroatoms. The van der Waals surface area contributed by atoms with Crippen molar-refractivity contribution in [2.75, 3.05) is 0 Å². The maximum absolute atomic E-state index is 5.93. The van der Waals surface area contributed by atoms with E-state index in [1.165, 1.54) is 0 Å². The highest BCUT2D eigenvalue weighted by Crippen LogP contribution is 2.23. The molecule has 0 saturated heterocycles. The fraction of sp³-hybridized carbons (Fsp3) is 0.300. The second-order valence-electron chi connectivity index (χ2n) is 3.53. The molecule has 74 valence electrons. The summed E-state index contributed by atoms with van der Waals surface area (Å²) >= 11 is 5.93. The summed E-state index contributed by atoms with van der Waals surface area (Å²) in [6, 6.07) is 6.09. The zero-order chi connectivity index (χ0) is 10.1. The Balaban J connectivity index is 2.54. The summed E-state index contributed by atoms with van der Waals surface area (Å²) in [5.41, 5.74) is 7.82. The van der Waals surface area contributed by atoms with E-state index in [9.17, 15) is 0 Å². The third kappa shape index (κ3) is 1.61. The van der Waals surface area contributed by atoms with Crippen LogP contribution >= 0.6 is 11.6 Å². The van der Waals surface area contributed by atoms with Gasteiger partial charge < -0.3 is 5.73 Å². The lowest BCUT2D eigenvalue weighted by Crippen LogP contribution is -2.17. The molecule has 1 atom stereocenters. The summed E-state index contributed by atoms with van der Waals surface area (Å²) in [4.78, 5) is 0. The number of halogens is 1. The van der Waals surface area contributed by atoms with Crippen LogP contribution < -0.4 is 5.73 Å². The molecule has 0 fully saturated rings. The van der Waals surface area contributed by atoms with Crippen molar-refractivity contribution >= 4 is 22.5 Å². The van der Waals surface area contributed by atoms with Crippen LogP contribution in [-0.2, 0) is 6.42 Å². The van der Waals surface area contributed by atoms with Gasteiger partial charge in [0.1, 0.15) is 5.15 Å². The van der Waals surface area contributed by atoms with Gasteiger partial charge in [-0.15, -0.1) is 0 Å². The lowest BCUT2D eigenvalue weighted by Gasteiger charge is -2.04. The molecule has 2 rings (SSSR count). The number of nitrogens with two attached hydrogens (primary N) is 1. The molecule has 2 aromatic rings. The Labute approximate surface area is 87.2 Å². The number of para-hydroxylation sites is 1. The smallest absolute Gasteiger partial charge is 0.132 e. The summed E-state index contributed by atoms with van der Waals surface area (Å²) < 4.78 is 0. The number of nitrogens with one attached hydrogen (secondary N) is 1. The standard InChI is InChI=1S/C10H12ClN3/c1-6(12)5-7-3-2-4-8-9(7)13-14-10(8)11/h2-4,6H,5,12H2,1H3,(H,13,14). The molecular formula is C10H12ClN3. The summed E-state index contributed by atoms with van der Waals surface area (Å²) in [5.74, 6) is 0. The molecule has 1 aromatic carbocycles. The molecule has 0 amide bonds. The molecule has 0 aliphatic heterocycles. The van der Waals surface area contributed by atoms with E-state index < -0.39 is 0 Å². The third-order valence-corrected chi connectivity index (χ3v) is 2.45. The number of hydrogen-bond acceptors (Lipinski definition) is 2. The Morgan fingerprint density at radius 1 is 1.57 bits per heavy atom. The fourth-order valence-electron chi connectivity index (χ4n) is 1.58. The number of aromatic amines is 1. The van der Waals surface area contributed by atoms with E-state index in [-0.39, 0.29) is 6.04 Å². The first-order valence-electron chi connectivity index (χ1n) is 4.55. The Hall–Kier alpha value is -1.06. The quantitative estimate of drug-likeness (QED) is 0.796. The van der Waals surface area contributed by atoms with Gasteiger partial charge in [0, 0.05) is 11.4 Å². The van der Waals surface area contributed by atoms with Crippen LogP contribution in [-0.4, -0.2) is 16.2 Å². The highest BCUT2D eigenvalue weighted by molar-refractivity contribution is 6.34. The molecule has 0 spiro atoms. The van der Waals surface area contributed by atoms with Gasteiger partial charge in [-0.25, -0.2) is 0 Å². The maximum Gasteiger partial charge on any atom is 0.132 e. The summed E-state index contributed by atoms with van der Waals surface area (Å²) in [6.07, 6.45) is 0.818. The van der Waals surface area contributed by atoms with Crippen molar-refractivity contribution in [3.63, 3.8) is 0 Å². The SMILES string of the molecule is CC(N)Cc1cccc2c(Cl)[nH]nc12. The van der Waals surface area contributed by atoms with Gasteiger partial charge in [-0.3, -0.25) is 5.10 Å². The van der Waals surface area contributed by atoms with Crippen LogP contribution in [0.3, 0.4) is 0 Å². The van der Waals surface area contributed by atoms with E-state index >= 15 is 0 Å². The van der Waals surface area contributed by atoms with Crippen LogP contribution in [0, 0.1) is 0 Å². The average Bonchev–Trinajstić information content (AvgIpc) is 2.49. The highest BCUT2D eigenvalue weighted by atomic mass is 35.5. The first-order valence-corrected chi connectivity index (χ1v) is 4.93. The zero-order valence-corrected chi connectivity index (χ0v) is 8.67. The van der Waals surface area contributed by atoms with Crippen molar-refractivity contribution in [2.45, 2.75) is 19.4 Å². The summed E-state index contributed by atoms with van der Waals surface area (Å²) in [7, 11) is 0. The number of H-pyrrole nitrogens is 1. The van der Waals surface area contributed by atoms with Crippen molar-refractivity contribution < 1.29 is 0 Å². The van der Waals surface area contributed by atoms with Crippen molar-refractivity contribution in [3.8, 4) is 0 Å². The normalized spacial score (nSPS) is 13.4. The molecule has 0 radical (unpaired) electrons. The van der Waals surface area contributed by atoms with Crippen molar-refractivity contribution in [3.05, 3.63) is 28.9 Å². The van der Waals surface area contributed by atoms with Gasteiger partial charge in [0.25, 0.3) is 0 Å². The second-order valence-corrected chi connectivity index (χ2v) is 3.91. The molecule has 0 aliphatic rings. The topological polar surface area (TPSA) is 54.7 Å². The minimum Gasteiger partial charge on any atom is -0.328 e. The molecule has 3 N–H and O–H groups in total. The zero-order valence-electron chi connectivity index (χ0n) is 7.92. The van der Waals surface area contributed by atoms with Gasteiger partial charge in [0.2, 0.25) is 0 Å². The monoisotopic (exact) mass is 209 g/mol. The summed E-state index contributed by atoms with van der Waals surface area (Å²) in [6.45, 7) is 1.98. The first-order chi connectivity index (χ1) is 6.68. The van der Waals surface area contributed by atoms with Crippen LogP contribution in [0.2, 0.25) is 5.15 Å². The van der Waals surface area contributed by atoms with Crippen LogP contribution in [0.25, 0.3) is 10.9 Å². The van der Waals surface area contributed by atoms with Crippen LogP contribution in [0.4, 0.5) is 0 Å². The van der Waals surface area contributed by atoms with Gasteiger partial charge in [-0.05, 0) is 25.0 Å². The number of benzene rings is 1. The van der Waals surface area contributed by atoms with Crippen molar-refractivity contribution in [1.29, 1.82) is 0 Å². The van der Waals surface area contributed by atoms with Crippen LogP contribution in [0.15, 0.2) is 18.2 Å². The second kappa shape index (κ2) is 3.59. The number of hydrogen-bond donors (Lipinski definition) is 2. The highest BCUT2D eigenvalue weighted by Gasteiger charge is 2.08. The van der Waals surface area contributed by atoms with Crippen LogP contribution in [0.5, 0.6) is 0 Å². The number of nitrogens with zero attached hydrogens (tertiary/aromatic N) is 1. The van der Waals surface area contributed by atoms with Crippen molar-refractivity contribution in [1.82, 2.24) is 10.2 Å². The fourth-order valence-corrected chi connectivity index (χ4v) is 1.77. The van der Waals surface area contributed by atoms with Gasteiger partial charge in [0.15, 0.2) is 0 Å². The Kier molecular flexibility index (Phi) is 2.44. The van der Waals surface area contributed by atoms with Crippen molar-refractivity contribution in [2.24, 2.45) is 5.73 Å². The van der Waals surface area contributed by atoms with E-state index in [0.717, 1.165) is 22.9 Å². The average molecular weight is 210 g/mol. The van der Waals surface area contributed by atoms with Gasteiger partial charge in [-0.2, -0.15) is 5.10 Å². The maximum atomic E-state index is 5.93. The molecule has 1 heterocycles. The Bertz CT molecular complexity index is 448. The number of rotatable bonds is 2. The lowest BCUT2D eigenvalue weighted by atomic mass is 10.1. The van der Waals surface area contributed by atoms with Crippen LogP contribution in [0.1, 0.15) is 12.5 Å². The van der Waals surface area contributed by atoms with E-state index in [2.05, 4.69) is 10.2 Å². The number of fused-ring (bicyclic) bond motifs is 1. The molecule has 0 aliphatic carbocycles. The third-order valence-electron chi connectivity index (χ3n) is 2.16. The van der Waals surface area contributed by atoms with Gasteiger partial charge in [0.05, 0.1) is 5.52 Å². The molecule has 0 bridgehead atoms. The van der Waals surface area contributed by atoms with E-state index in [0.29, 0.717) is 5.15 Å². The first kappa shape index (κ1) is 9.49. The summed E-state index contributed by atoms with van der Waals surface area (Å²) in [5, 5.41) is 8.48. The molecule has 0 saturated carbocycles. The minimum atomic E-state index is 0.135. The number of aromatic nitrogens is 2. The molecule has 14 heavy (non-hydrogen) atoms.